The molecule has 1 unspecified atom stereocenters. The molecule has 8 heteroatoms. The number of benzene rings is 1. The van der Waals surface area contributed by atoms with Crippen molar-refractivity contribution in [3.8, 4) is 11.1 Å². The van der Waals surface area contributed by atoms with Crippen LogP contribution in [0.3, 0.4) is 0 Å². The number of amides is 1. The number of carbonyl (C=O) groups is 1. The van der Waals surface area contributed by atoms with Crippen LogP contribution in [0.25, 0.3) is 11.1 Å². The van der Waals surface area contributed by atoms with Gasteiger partial charge in [-0.15, -0.1) is 0 Å². The Balaban J connectivity index is 1.82. The first-order valence-corrected chi connectivity index (χ1v) is 11.2. The number of aryl methyl sites for hydroxylation is 1. The molecule has 1 aliphatic rings. The molecule has 6 nitrogen and oxygen atoms in total. The third-order valence-corrected chi connectivity index (χ3v) is 6.16. The molecule has 0 saturated carbocycles. The molecule has 1 saturated heterocycles. The molecule has 0 bridgehead atoms. The highest BCUT2D eigenvalue weighted by Gasteiger charge is 2.34. The van der Waals surface area contributed by atoms with Crippen LogP contribution in [-0.2, 0) is 0 Å². The number of pyridine rings is 2. The molecule has 1 amide bonds. The number of rotatable bonds is 5. The lowest BCUT2D eigenvalue weighted by Crippen LogP contribution is -2.40. The maximum atomic E-state index is 14.3. The Bertz CT molecular complexity index is 1160. The van der Waals surface area contributed by atoms with Gasteiger partial charge in [-0.05, 0) is 63.1 Å². The molecule has 4 rings (SSSR count). The Morgan fingerprint density at radius 3 is 2.73 bits per heavy atom. The summed E-state index contributed by atoms with van der Waals surface area (Å²) in [5, 5.41) is 3.30. The number of nitrogens with one attached hydrogen (secondary N) is 1. The average Bonchev–Trinajstić information content (AvgIpc) is 3.12. The fraction of sp³-hybridized carbons (Fsp3) is 0.320. The van der Waals surface area contributed by atoms with Gasteiger partial charge in [-0.1, -0.05) is 17.7 Å². The van der Waals surface area contributed by atoms with E-state index in [1.807, 2.05) is 39.0 Å². The van der Waals surface area contributed by atoms with Gasteiger partial charge in [-0.3, -0.25) is 14.8 Å². The lowest BCUT2D eigenvalue weighted by Gasteiger charge is -2.28. The van der Waals surface area contributed by atoms with E-state index in [0.29, 0.717) is 41.2 Å². The normalized spacial score (nSPS) is 18.9. The fourth-order valence-electron chi connectivity index (χ4n) is 4.29. The quantitative estimate of drug-likeness (QED) is 0.570. The zero-order valence-electron chi connectivity index (χ0n) is 18.9. The van der Waals surface area contributed by atoms with Gasteiger partial charge < -0.3 is 16.0 Å². The van der Waals surface area contributed by atoms with E-state index >= 15 is 0 Å². The number of hydrogen-bond acceptors (Lipinski definition) is 5. The van der Waals surface area contributed by atoms with E-state index in [4.69, 9.17) is 17.3 Å². The van der Waals surface area contributed by atoms with E-state index in [9.17, 15) is 9.18 Å². The van der Waals surface area contributed by atoms with Crippen LogP contribution in [-0.4, -0.2) is 34.5 Å². The van der Waals surface area contributed by atoms with Crippen LogP contribution in [0.2, 0.25) is 5.02 Å². The van der Waals surface area contributed by atoms with Gasteiger partial charge in [0.1, 0.15) is 5.82 Å². The standard InChI is InChI=1S/C25H27ClFN5O/c1-15(21-6-4-5-8-29-21)31-24(33)20-13-30-16(2)22(17-10-18(26)12-19(27)11-17)23(20)32-9-7-25(3,28)14-32/h4-6,8,10-13,15H,7,9,14,28H2,1-3H3,(H,31,33)/t15?,25-/m0/s1. The van der Waals surface area contributed by atoms with Crippen LogP contribution in [0.4, 0.5) is 10.1 Å². The van der Waals surface area contributed by atoms with Crippen molar-refractivity contribution < 1.29 is 9.18 Å². The highest BCUT2D eigenvalue weighted by Crippen LogP contribution is 2.40. The molecule has 1 aliphatic heterocycles. The minimum atomic E-state index is -0.452. The molecule has 3 aromatic rings. The summed E-state index contributed by atoms with van der Waals surface area (Å²) in [6.45, 7) is 6.93. The second kappa shape index (κ2) is 9.08. The third kappa shape index (κ3) is 4.99. The summed E-state index contributed by atoms with van der Waals surface area (Å²) in [5.74, 6) is -0.739. The Kier molecular flexibility index (Phi) is 6.36. The van der Waals surface area contributed by atoms with Gasteiger partial charge >= 0.3 is 0 Å². The Morgan fingerprint density at radius 1 is 1.30 bits per heavy atom. The van der Waals surface area contributed by atoms with Gasteiger partial charge in [0.25, 0.3) is 5.91 Å². The Labute approximate surface area is 198 Å². The number of carbonyl (C=O) groups excluding carboxylic acids is 1. The van der Waals surface area contributed by atoms with E-state index in [-0.39, 0.29) is 17.0 Å². The van der Waals surface area contributed by atoms with Crippen LogP contribution >= 0.6 is 11.6 Å². The molecule has 172 valence electrons. The maximum absolute atomic E-state index is 14.3. The number of anilines is 1. The number of hydrogen-bond donors (Lipinski definition) is 2. The first-order valence-electron chi connectivity index (χ1n) is 10.9. The predicted molar refractivity (Wildman–Crippen MR) is 129 cm³/mol. The molecule has 3 N–H and O–H groups in total. The van der Waals surface area contributed by atoms with Crippen molar-refractivity contribution in [2.24, 2.45) is 5.73 Å². The minimum absolute atomic E-state index is 0.277. The molecule has 2 aromatic heterocycles. The van der Waals surface area contributed by atoms with Crippen molar-refractivity contribution in [1.29, 1.82) is 0 Å². The summed E-state index contributed by atoms with van der Waals surface area (Å²) in [7, 11) is 0. The molecule has 0 radical (unpaired) electrons. The predicted octanol–water partition coefficient (Wildman–Crippen LogP) is 4.66. The SMILES string of the molecule is Cc1ncc(C(=O)NC(C)c2ccccn2)c(N2CC[C@](C)(N)C2)c1-c1cc(F)cc(Cl)c1. The summed E-state index contributed by atoms with van der Waals surface area (Å²) in [6.07, 6.45) is 4.03. The van der Waals surface area contributed by atoms with Crippen LogP contribution in [0.15, 0.2) is 48.8 Å². The van der Waals surface area contributed by atoms with Crippen LogP contribution in [0.1, 0.15) is 48.1 Å². The fourth-order valence-corrected chi connectivity index (χ4v) is 4.51. The van der Waals surface area contributed by atoms with Gasteiger partial charge in [-0.2, -0.15) is 0 Å². The summed E-state index contributed by atoms with van der Waals surface area (Å²) >= 11 is 6.17. The number of halogens is 2. The summed E-state index contributed by atoms with van der Waals surface area (Å²) in [5.41, 5.74) is 9.76. The Morgan fingerprint density at radius 2 is 2.09 bits per heavy atom. The number of nitrogens with zero attached hydrogens (tertiary/aromatic N) is 3. The van der Waals surface area contributed by atoms with Gasteiger partial charge in [0, 0.05) is 47.3 Å². The molecule has 2 atom stereocenters. The highest BCUT2D eigenvalue weighted by molar-refractivity contribution is 6.31. The van der Waals surface area contributed by atoms with Crippen molar-refractivity contribution in [3.63, 3.8) is 0 Å². The third-order valence-electron chi connectivity index (χ3n) is 5.94. The molecule has 3 heterocycles. The van der Waals surface area contributed by atoms with Crippen LogP contribution in [0, 0.1) is 12.7 Å². The lowest BCUT2D eigenvalue weighted by atomic mass is 9.97. The van der Waals surface area contributed by atoms with Crippen molar-refractivity contribution in [3.05, 3.63) is 76.6 Å². The molecule has 1 fully saturated rings. The van der Waals surface area contributed by atoms with E-state index < -0.39 is 11.4 Å². The maximum Gasteiger partial charge on any atom is 0.255 e. The number of nitrogens with two attached hydrogens (primary N) is 1. The first-order chi connectivity index (χ1) is 15.6. The van der Waals surface area contributed by atoms with Crippen molar-refractivity contribution in [2.45, 2.75) is 38.8 Å². The second-order valence-corrected chi connectivity index (χ2v) is 9.35. The van der Waals surface area contributed by atoms with Crippen molar-refractivity contribution in [1.82, 2.24) is 15.3 Å². The van der Waals surface area contributed by atoms with E-state index in [0.717, 1.165) is 12.1 Å². The number of aromatic nitrogens is 2. The monoisotopic (exact) mass is 467 g/mol. The van der Waals surface area contributed by atoms with Crippen LogP contribution < -0.4 is 16.0 Å². The van der Waals surface area contributed by atoms with Crippen LogP contribution in [0.5, 0.6) is 0 Å². The summed E-state index contributed by atoms with van der Waals surface area (Å²) in [4.78, 5) is 24.4. The smallest absolute Gasteiger partial charge is 0.255 e. The van der Waals surface area contributed by atoms with E-state index in [1.165, 1.54) is 12.1 Å². The second-order valence-electron chi connectivity index (χ2n) is 8.91. The molecular weight excluding hydrogens is 441 g/mol. The lowest BCUT2D eigenvalue weighted by molar-refractivity contribution is 0.0939. The van der Waals surface area contributed by atoms with E-state index in [1.54, 1.807) is 18.5 Å². The highest BCUT2D eigenvalue weighted by atomic mass is 35.5. The molecule has 0 aliphatic carbocycles. The molecule has 0 spiro atoms. The van der Waals surface area contributed by atoms with Gasteiger partial charge in [0.05, 0.1) is 23.0 Å². The summed E-state index contributed by atoms with van der Waals surface area (Å²) in [6, 6.07) is 9.61. The zero-order chi connectivity index (χ0) is 23.8. The van der Waals surface area contributed by atoms with Crippen molar-refractivity contribution in [2.75, 3.05) is 18.0 Å². The summed E-state index contributed by atoms with van der Waals surface area (Å²) < 4.78 is 14.3. The topological polar surface area (TPSA) is 84.1 Å². The minimum Gasteiger partial charge on any atom is -0.368 e. The zero-order valence-corrected chi connectivity index (χ0v) is 19.7. The largest absolute Gasteiger partial charge is 0.368 e. The van der Waals surface area contributed by atoms with Crippen molar-refractivity contribution >= 4 is 23.2 Å². The Hall–Kier alpha value is -3.03. The first kappa shape index (κ1) is 23.1. The average molecular weight is 468 g/mol. The van der Waals surface area contributed by atoms with Gasteiger partial charge in [0.2, 0.25) is 0 Å². The molecule has 1 aromatic carbocycles. The molecular formula is C25H27ClFN5O. The van der Waals surface area contributed by atoms with E-state index in [2.05, 4.69) is 20.2 Å². The van der Waals surface area contributed by atoms with Gasteiger partial charge in [0.15, 0.2) is 0 Å². The van der Waals surface area contributed by atoms with Gasteiger partial charge in [-0.25, -0.2) is 4.39 Å². The molecule has 33 heavy (non-hydrogen) atoms.